The van der Waals surface area contributed by atoms with Crippen LogP contribution >= 0.6 is 0 Å². The van der Waals surface area contributed by atoms with Crippen LogP contribution in [0.25, 0.3) is 29.4 Å². The topological polar surface area (TPSA) is 25.8 Å². The highest BCUT2D eigenvalue weighted by Crippen LogP contribution is 2.39. The van der Waals surface area contributed by atoms with Crippen LogP contribution in [0.1, 0.15) is 39.8 Å². The molecule has 1 heterocycles. The lowest BCUT2D eigenvalue weighted by atomic mass is 9.78. The molecule has 0 aliphatic heterocycles. The zero-order valence-electron chi connectivity index (χ0n) is 14.7. The molecular weight excluding hydrogens is 316 g/mol. The Bertz CT molecular complexity index is 1030. The fourth-order valence-corrected chi connectivity index (χ4v) is 4.26. The van der Waals surface area contributed by atoms with Gasteiger partial charge in [0.25, 0.3) is 0 Å². The Morgan fingerprint density at radius 1 is 0.769 bits per heavy atom. The van der Waals surface area contributed by atoms with Crippen LogP contribution in [-0.4, -0.2) is 9.97 Å². The van der Waals surface area contributed by atoms with Gasteiger partial charge in [0.2, 0.25) is 0 Å². The van der Waals surface area contributed by atoms with Gasteiger partial charge in [-0.3, -0.25) is 0 Å². The third-order valence-electron chi connectivity index (χ3n) is 5.49. The van der Waals surface area contributed by atoms with E-state index < -0.39 is 0 Å². The molecule has 0 fully saturated rings. The molecule has 5 rings (SSSR count). The summed E-state index contributed by atoms with van der Waals surface area (Å²) in [5.74, 6) is 0. The van der Waals surface area contributed by atoms with Crippen LogP contribution in [0.3, 0.4) is 0 Å². The van der Waals surface area contributed by atoms with E-state index in [1.807, 2.05) is 12.4 Å². The van der Waals surface area contributed by atoms with Crippen LogP contribution in [0, 0.1) is 0 Å². The number of allylic oxidation sites excluding steroid dienone is 1. The van der Waals surface area contributed by atoms with Gasteiger partial charge in [-0.15, -0.1) is 0 Å². The van der Waals surface area contributed by atoms with Crippen molar-refractivity contribution in [3.63, 3.8) is 0 Å². The summed E-state index contributed by atoms with van der Waals surface area (Å²) in [5, 5.41) is 0. The highest BCUT2D eigenvalue weighted by Gasteiger charge is 2.22. The Labute approximate surface area is 154 Å². The fourth-order valence-electron chi connectivity index (χ4n) is 4.26. The number of rotatable bonds is 2. The highest BCUT2D eigenvalue weighted by molar-refractivity contribution is 5.82. The van der Waals surface area contributed by atoms with Crippen molar-refractivity contribution in [3.05, 3.63) is 88.5 Å². The van der Waals surface area contributed by atoms with Gasteiger partial charge >= 0.3 is 0 Å². The number of fused-ring (bicyclic) bond motifs is 5. The molecule has 0 spiro atoms. The van der Waals surface area contributed by atoms with Crippen LogP contribution in [0.5, 0.6) is 0 Å². The summed E-state index contributed by atoms with van der Waals surface area (Å²) in [7, 11) is 0. The van der Waals surface area contributed by atoms with E-state index in [2.05, 4.69) is 64.6 Å². The third kappa shape index (κ3) is 2.59. The van der Waals surface area contributed by atoms with E-state index in [4.69, 9.17) is 0 Å². The minimum atomic E-state index is 1.03. The van der Waals surface area contributed by atoms with Crippen molar-refractivity contribution >= 4 is 18.2 Å². The Balaban J connectivity index is 1.59. The molecule has 2 heteroatoms. The second-order valence-electron chi connectivity index (χ2n) is 6.98. The van der Waals surface area contributed by atoms with E-state index in [0.29, 0.717) is 0 Å². The summed E-state index contributed by atoms with van der Waals surface area (Å²) in [4.78, 5) is 8.17. The summed E-state index contributed by atoms with van der Waals surface area (Å²) < 4.78 is 0. The summed E-state index contributed by atoms with van der Waals surface area (Å²) in [6.07, 6.45) is 18.7. The molecule has 0 saturated heterocycles. The van der Waals surface area contributed by atoms with E-state index >= 15 is 0 Å². The number of nitrogens with zero attached hydrogens (tertiary/aromatic N) is 2. The molecule has 2 aliphatic carbocycles. The first-order chi connectivity index (χ1) is 12.9. The molecule has 0 radical (unpaired) electrons. The Morgan fingerprint density at radius 2 is 1.62 bits per heavy atom. The lowest BCUT2D eigenvalue weighted by Crippen LogP contribution is -2.10. The van der Waals surface area contributed by atoms with Crippen molar-refractivity contribution in [2.24, 2.45) is 0 Å². The van der Waals surface area contributed by atoms with Crippen LogP contribution in [0.2, 0.25) is 0 Å². The first-order valence-corrected chi connectivity index (χ1v) is 9.27. The van der Waals surface area contributed by atoms with E-state index in [1.165, 1.54) is 34.2 Å². The molecule has 1 aromatic heterocycles. The van der Waals surface area contributed by atoms with Crippen molar-refractivity contribution in [1.29, 1.82) is 0 Å². The maximum atomic E-state index is 4.09. The highest BCUT2D eigenvalue weighted by atomic mass is 14.8. The van der Waals surface area contributed by atoms with Crippen molar-refractivity contribution in [2.75, 3.05) is 0 Å². The van der Waals surface area contributed by atoms with E-state index in [9.17, 15) is 0 Å². The van der Waals surface area contributed by atoms with Gasteiger partial charge in [0.15, 0.2) is 0 Å². The molecule has 2 nitrogen and oxygen atoms in total. The van der Waals surface area contributed by atoms with Gasteiger partial charge < -0.3 is 0 Å². The zero-order chi connectivity index (χ0) is 17.3. The Kier molecular flexibility index (Phi) is 3.75. The third-order valence-corrected chi connectivity index (χ3v) is 5.49. The molecular formula is C24H20N2. The molecule has 0 atom stereocenters. The standard InChI is InChI=1S/C24H20N2/c1-2-6-20-18(4-1)10-11-24-22-7-3-5-19(21(22)12-13-23(20)24)9-8-17-14-25-16-26-15-17/h1,3-5,7-11,14-16H,2,6,12-13H2/b9-8+. The molecule has 0 amide bonds. The minimum absolute atomic E-state index is 1.03. The van der Waals surface area contributed by atoms with Gasteiger partial charge in [-0.05, 0) is 64.6 Å². The number of benzene rings is 2. The molecule has 2 aliphatic rings. The smallest absolute Gasteiger partial charge is 0.115 e. The lowest BCUT2D eigenvalue weighted by Gasteiger charge is -2.26. The lowest BCUT2D eigenvalue weighted by molar-refractivity contribution is 0.886. The van der Waals surface area contributed by atoms with Crippen LogP contribution < -0.4 is 0 Å². The quantitative estimate of drug-likeness (QED) is 0.628. The molecule has 0 unspecified atom stereocenters. The fraction of sp³-hybridized carbons (Fsp3) is 0.167. The normalized spacial score (nSPS) is 14.8. The van der Waals surface area contributed by atoms with E-state index in [0.717, 1.165) is 24.8 Å². The van der Waals surface area contributed by atoms with E-state index in [1.54, 1.807) is 17.5 Å². The predicted octanol–water partition coefficient (Wildman–Crippen LogP) is 5.37. The van der Waals surface area contributed by atoms with E-state index in [-0.39, 0.29) is 0 Å². The van der Waals surface area contributed by atoms with Crippen LogP contribution in [0.4, 0.5) is 0 Å². The first-order valence-electron chi connectivity index (χ1n) is 9.27. The van der Waals surface area contributed by atoms with Gasteiger partial charge in [0.1, 0.15) is 6.33 Å². The van der Waals surface area contributed by atoms with Crippen molar-refractivity contribution in [2.45, 2.75) is 25.7 Å². The average molecular weight is 336 g/mol. The van der Waals surface area contributed by atoms with Gasteiger partial charge in [-0.2, -0.15) is 0 Å². The van der Waals surface area contributed by atoms with Gasteiger partial charge in [0, 0.05) is 18.0 Å². The molecule has 2 aromatic carbocycles. The van der Waals surface area contributed by atoms with Gasteiger partial charge in [-0.25, -0.2) is 9.97 Å². The molecule has 0 N–H and O–H groups in total. The van der Waals surface area contributed by atoms with Crippen molar-refractivity contribution in [3.8, 4) is 11.1 Å². The van der Waals surface area contributed by atoms with Gasteiger partial charge in [0.05, 0.1) is 0 Å². The summed E-state index contributed by atoms with van der Waals surface area (Å²) in [6.45, 7) is 0. The zero-order valence-corrected chi connectivity index (χ0v) is 14.7. The summed E-state index contributed by atoms with van der Waals surface area (Å²) >= 11 is 0. The summed E-state index contributed by atoms with van der Waals surface area (Å²) in [6, 6.07) is 11.3. The second kappa shape index (κ2) is 6.38. The van der Waals surface area contributed by atoms with Crippen LogP contribution in [-0.2, 0) is 19.3 Å². The molecule has 0 bridgehead atoms. The predicted molar refractivity (Wildman–Crippen MR) is 108 cm³/mol. The Hall–Kier alpha value is -3.00. The van der Waals surface area contributed by atoms with Crippen molar-refractivity contribution < 1.29 is 0 Å². The molecule has 3 aromatic rings. The maximum absolute atomic E-state index is 4.09. The second-order valence-corrected chi connectivity index (χ2v) is 6.98. The molecule has 0 saturated carbocycles. The molecule has 26 heavy (non-hydrogen) atoms. The minimum Gasteiger partial charge on any atom is -0.244 e. The number of hydrogen-bond acceptors (Lipinski definition) is 2. The van der Waals surface area contributed by atoms with Crippen LogP contribution in [0.15, 0.2) is 55.1 Å². The SMILES string of the molecule is C1=Cc2ccc3c(c2CC1)CCc1c(/C=C/c2cncnc2)cccc1-3. The largest absolute Gasteiger partial charge is 0.244 e. The molecule has 126 valence electrons. The average Bonchev–Trinajstić information content (AvgIpc) is 2.72. The monoisotopic (exact) mass is 336 g/mol. The number of aromatic nitrogens is 2. The van der Waals surface area contributed by atoms with Gasteiger partial charge in [-0.1, -0.05) is 54.6 Å². The maximum Gasteiger partial charge on any atom is 0.115 e. The summed E-state index contributed by atoms with van der Waals surface area (Å²) in [5.41, 5.74) is 11.2. The number of hydrogen-bond donors (Lipinski definition) is 0. The first kappa shape index (κ1) is 15.3. The van der Waals surface area contributed by atoms with Crippen molar-refractivity contribution in [1.82, 2.24) is 9.97 Å². The Morgan fingerprint density at radius 3 is 2.54 bits per heavy atom.